The van der Waals surface area contributed by atoms with Crippen molar-refractivity contribution in [2.24, 2.45) is 5.41 Å². The van der Waals surface area contributed by atoms with E-state index in [9.17, 15) is 22.7 Å². The number of aliphatic hydroxyl groups is 1. The summed E-state index contributed by atoms with van der Waals surface area (Å²) in [6, 6.07) is 16.8. The van der Waals surface area contributed by atoms with Crippen LogP contribution in [-0.4, -0.2) is 62.0 Å². The lowest BCUT2D eigenvalue weighted by molar-refractivity contribution is -0.142. The van der Waals surface area contributed by atoms with E-state index < -0.39 is 40.8 Å². The van der Waals surface area contributed by atoms with Gasteiger partial charge < -0.3 is 10.0 Å². The fraction of sp³-hybridized carbons (Fsp3) is 0.435. The maximum atomic E-state index is 13.1. The van der Waals surface area contributed by atoms with E-state index in [1.165, 1.54) is 4.90 Å². The van der Waals surface area contributed by atoms with E-state index in [4.69, 9.17) is 0 Å². The molecule has 1 amide bonds. The molecule has 1 saturated heterocycles. The number of benzene rings is 2. The van der Waals surface area contributed by atoms with Crippen molar-refractivity contribution >= 4 is 15.9 Å². The minimum atomic E-state index is -3.51. The highest BCUT2D eigenvalue weighted by atomic mass is 32.2. The number of amides is 1. The Hall–Kier alpha value is -2.29. The monoisotopic (exact) mass is 446 g/mol. The molecule has 2 N–H and O–H groups in total. The quantitative estimate of drug-likeness (QED) is 0.682. The van der Waals surface area contributed by atoms with Crippen molar-refractivity contribution in [1.82, 2.24) is 9.62 Å². The van der Waals surface area contributed by atoms with Crippen molar-refractivity contribution in [3.05, 3.63) is 60.2 Å². The van der Waals surface area contributed by atoms with Gasteiger partial charge in [-0.3, -0.25) is 4.79 Å². The van der Waals surface area contributed by atoms with Crippen molar-refractivity contribution < 1.29 is 22.7 Å². The largest absolute Gasteiger partial charge is 0.381 e. The van der Waals surface area contributed by atoms with E-state index in [1.807, 2.05) is 54.6 Å². The minimum absolute atomic E-state index is 0.319. The number of alkyl halides is 1. The molecular formula is C23H27FN2O4S. The number of nitrogens with zero attached hydrogens (tertiary/aromatic N) is 1. The summed E-state index contributed by atoms with van der Waals surface area (Å²) in [6.07, 6.45) is 1.36. The molecule has 0 unspecified atom stereocenters. The minimum Gasteiger partial charge on any atom is -0.381 e. The fourth-order valence-electron chi connectivity index (χ4n) is 4.68. The smallest absolute Gasteiger partial charge is 0.254 e. The van der Waals surface area contributed by atoms with Gasteiger partial charge in [-0.1, -0.05) is 54.6 Å². The first-order valence-electron chi connectivity index (χ1n) is 10.4. The number of halogens is 1. The van der Waals surface area contributed by atoms with Gasteiger partial charge >= 0.3 is 0 Å². The predicted octanol–water partition coefficient (Wildman–Crippen LogP) is 2.14. The number of sulfonamides is 1. The topological polar surface area (TPSA) is 86.7 Å². The van der Waals surface area contributed by atoms with Crippen LogP contribution in [0, 0.1) is 5.41 Å². The Morgan fingerprint density at radius 3 is 2.48 bits per heavy atom. The third-order valence-corrected chi connectivity index (χ3v) is 7.04. The van der Waals surface area contributed by atoms with Gasteiger partial charge in [0.15, 0.2) is 6.10 Å². The van der Waals surface area contributed by atoms with Crippen LogP contribution in [0.4, 0.5) is 4.39 Å². The van der Waals surface area contributed by atoms with Gasteiger partial charge in [0.1, 0.15) is 6.67 Å². The average Bonchev–Trinajstić information content (AvgIpc) is 3.48. The summed E-state index contributed by atoms with van der Waals surface area (Å²) in [6.45, 7) is -0.845. The molecule has 0 radical (unpaired) electrons. The summed E-state index contributed by atoms with van der Waals surface area (Å²) >= 11 is 0. The Morgan fingerprint density at radius 1 is 1.19 bits per heavy atom. The molecule has 1 heterocycles. The van der Waals surface area contributed by atoms with Gasteiger partial charge in [0, 0.05) is 18.0 Å². The lowest BCUT2D eigenvalue weighted by Gasteiger charge is -2.30. The van der Waals surface area contributed by atoms with Gasteiger partial charge in [-0.25, -0.2) is 17.5 Å². The molecule has 0 bridgehead atoms. The highest BCUT2D eigenvalue weighted by Gasteiger charge is 2.61. The molecule has 6 nitrogen and oxygen atoms in total. The van der Waals surface area contributed by atoms with E-state index in [2.05, 4.69) is 4.72 Å². The highest BCUT2D eigenvalue weighted by Crippen LogP contribution is 2.55. The molecule has 3 atom stereocenters. The molecule has 1 aliphatic carbocycles. The zero-order valence-corrected chi connectivity index (χ0v) is 18.2. The molecule has 0 aromatic heterocycles. The molecule has 2 aromatic rings. The summed E-state index contributed by atoms with van der Waals surface area (Å²) in [5.74, 6) is -0.684. The SMILES string of the molecule is CS(=O)(=O)N[C@@H]1[C@H](Cc2cccc(-c3ccccc3)c2)N(C(=O)[C@H](O)CF)CC12CC2. The third kappa shape index (κ3) is 4.66. The van der Waals surface area contributed by atoms with Crippen LogP contribution >= 0.6 is 0 Å². The molecule has 4 rings (SSSR count). The number of aliphatic hydroxyl groups excluding tert-OH is 1. The van der Waals surface area contributed by atoms with E-state index in [0.717, 1.165) is 35.8 Å². The van der Waals surface area contributed by atoms with Gasteiger partial charge in [0.05, 0.1) is 12.3 Å². The van der Waals surface area contributed by atoms with Crippen molar-refractivity contribution in [1.29, 1.82) is 0 Å². The number of hydrogen-bond donors (Lipinski definition) is 2. The molecule has 1 saturated carbocycles. The number of carbonyl (C=O) groups is 1. The predicted molar refractivity (Wildman–Crippen MR) is 116 cm³/mol. The van der Waals surface area contributed by atoms with Crippen LogP contribution in [0.2, 0.25) is 0 Å². The van der Waals surface area contributed by atoms with Gasteiger partial charge in [-0.15, -0.1) is 0 Å². The molecule has 2 aliphatic rings. The van der Waals surface area contributed by atoms with E-state index in [0.29, 0.717) is 13.0 Å². The highest BCUT2D eigenvalue weighted by molar-refractivity contribution is 7.88. The number of nitrogens with one attached hydrogen (secondary N) is 1. The molecule has 1 aliphatic heterocycles. The Bertz CT molecular complexity index is 1060. The van der Waals surface area contributed by atoms with Gasteiger partial charge in [-0.2, -0.15) is 0 Å². The van der Waals surface area contributed by atoms with E-state index in [-0.39, 0.29) is 5.41 Å². The van der Waals surface area contributed by atoms with Gasteiger partial charge in [-0.05, 0) is 36.0 Å². The van der Waals surface area contributed by atoms with E-state index >= 15 is 0 Å². The number of likely N-dealkylation sites (tertiary alicyclic amines) is 1. The summed E-state index contributed by atoms with van der Waals surface area (Å²) < 4.78 is 39.9. The molecule has 31 heavy (non-hydrogen) atoms. The summed E-state index contributed by atoms with van der Waals surface area (Å²) in [5, 5.41) is 9.87. The lowest BCUT2D eigenvalue weighted by atomic mass is 9.91. The summed E-state index contributed by atoms with van der Waals surface area (Å²) in [7, 11) is -3.51. The summed E-state index contributed by atoms with van der Waals surface area (Å²) in [5.41, 5.74) is 2.67. The number of rotatable bonds is 7. The Morgan fingerprint density at radius 2 is 1.87 bits per heavy atom. The molecule has 2 fully saturated rings. The number of hydrogen-bond acceptors (Lipinski definition) is 4. The Kier molecular flexibility index (Phi) is 5.89. The van der Waals surface area contributed by atoms with Crippen LogP contribution in [0.25, 0.3) is 11.1 Å². The van der Waals surface area contributed by atoms with Crippen LogP contribution in [-0.2, 0) is 21.2 Å². The lowest BCUT2D eigenvalue weighted by Crippen LogP contribution is -2.51. The Labute approximate surface area is 182 Å². The Balaban J connectivity index is 1.67. The standard InChI is InChI=1S/C23H27FN2O4S/c1-31(29,30)25-21-19(26(15-23(21)10-11-23)22(28)20(27)14-24)13-16-6-5-9-18(12-16)17-7-3-2-4-8-17/h2-9,12,19-21,25,27H,10-11,13-15H2,1H3/t19-,20+,21+/m0/s1. The average molecular weight is 447 g/mol. The first-order valence-corrected chi connectivity index (χ1v) is 12.3. The van der Waals surface area contributed by atoms with Crippen LogP contribution in [0.5, 0.6) is 0 Å². The van der Waals surface area contributed by atoms with Gasteiger partial charge in [0.25, 0.3) is 5.91 Å². The fourth-order valence-corrected chi connectivity index (χ4v) is 5.55. The van der Waals surface area contributed by atoms with Crippen LogP contribution in [0.3, 0.4) is 0 Å². The van der Waals surface area contributed by atoms with Gasteiger partial charge in [0.2, 0.25) is 10.0 Å². The molecular weight excluding hydrogens is 419 g/mol. The zero-order valence-electron chi connectivity index (χ0n) is 17.4. The normalized spacial score (nSPS) is 23.1. The third-order valence-electron chi connectivity index (χ3n) is 6.36. The maximum absolute atomic E-state index is 13.1. The second-order valence-electron chi connectivity index (χ2n) is 8.70. The molecule has 166 valence electrons. The second kappa shape index (κ2) is 8.33. The first kappa shape index (κ1) is 21.9. The zero-order chi connectivity index (χ0) is 22.2. The van der Waals surface area contributed by atoms with Crippen LogP contribution < -0.4 is 4.72 Å². The molecule has 2 aromatic carbocycles. The molecule has 1 spiro atoms. The van der Waals surface area contributed by atoms with Crippen molar-refractivity contribution in [3.63, 3.8) is 0 Å². The first-order chi connectivity index (χ1) is 14.7. The van der Waals surface area contributed by atoms with Crippen LogP contribution in [0.15, 0.2) is 54.6 Å². The number of carbonyl (C=O) groups excluding carboxylic acids is 1. The molecule has 8 heteroatoms. The summed E-state index contributed by atoms with van der Waals surface area (Å²) in [4.78, 5) is 14.2. The van der Waals surface area contributed by atoms with Crippen molar-refractivity contribution in [2.45, 2.75) is 37.5 Å². The van der Waals surface area contributed by atoms with Crippen molar-refractivity contribution in [3.8, 4) is 11.1 Å². The van der Waals surface area contributed by atoms with Crippen molar-refractivity contribution in [2.75, 3.05) is 19.5 Å². The van der Waals surface area contributed by atoms with E-state index in [1.54, 1.807) is 0 Å². The maximum Gasteiger partial charge on any atom is 0.254 e. The van der Waals surface area contributed by atoms with Crippen LogP contribution in [0.1, 0.15) is 18.4 Å². The second-order valence-corrected chi connectivity index (χ2v) is 10.5.